The first-order chi connectivity index (χ1) is 12.7. The Kier molecular flexibility index (Phi) is 3.12. The minimum atomic E-state index is -0.397. The molecule has 1 aliphatic heterocycles. The molecular weight excluding hydrogens is 324 g/mol. The molecule has 0 bridgehead atoms. The zero-order chi connectivity index (χ0) is 17.7. The van der Waals surface area contributed by atoms with Gasteiger partial charge in [-0.25, -0.2) is 4.79 Å². The molecule has 5 rings (SSSR count). The predicted octanol–water partition coefficient (Wildman–Crippen LogP) is 4.47. The van der Waals surface area contributed by atoms with E-state index in [0.29, 0.717) is 11.3 Å². The number of fused-ring (bicyclic) bond motifs is 2. The molecule has 2 heterocycles. The molecule has 26 heavy (non-hydrogen) atoms. The van der Waals surface area contributed by atoms with Crippen LogP contribution < -0.4 is 5.73 Å². The van der Waals surface area contributed by atoms with Crippen LogP contribution in [0, 0.1) is 0 Å². The molecule has 1 atom stereocenters. The van der Waals surface area contributed by atoms with Crippen LogP contribution in [-0.4, -0.2) is 10.5 Å². The van der Waals surface area contributed by atoms with Crippen molar-refractivity contribution in [1.82, 2.24) is 4.57 Å². The normalized spacial score (nSPS) is 15.8. The van der Waals surface area contributed by atoms with Gasteiger partial charge in [-0.3, -0.25) is 0 Å². The van der Waals surface area contributed by atoms with Crippen LogP contribution in [0.25, 0.3) is 16.6 Å². The van der Waals surface area contributed by atoms with Crippen LogP contribution in [0.2, 0.25) is 0 Å². The lowest BCUT2D eigenvalue weighted by Gasteiger charge is -2.09. The molecule has 1 aromatic heterocycles. The van der Waals surface area contributed by atoms with Crippen LogP contribution in [0.15, 0.2) is 79.0 Å². The SMILES string of the molecule is Nc1cccc(-n2cc(C3OC(=O)c4ccccc43)c3ccccc32)c1. The molecule has 126 valence electrons. The van der Waals surface area contributed by atoms with Gasteiger partial charge in [0.1, 0.15) is 0 Å². The van der Waals surface area contributed by atoms with Crippen LogP contribution in [0.5, 0.6) is 0 Å². The number of hydrogen-bond acceptors (Lipinski definition) is 3. The van der Waals surface area contributed by atoms with Crippen LogP contribution >= 0.6 is 0 Å². The van der Waals surface area contributed by atoms with E-state index in [2.05, 4.69) is 16.7 Å². The highest BCUT2D eigenvalue weighted by molar-refractivity contribution is 5.96. The summed E-state index contributed by atoms with van der Waals surface area (Å²) in [6.07, 6.45) is 1.64. The van der Waals surface area contributed by atoms with Crippen LogP contribution in [0.3, 0.4) is 0 Å². The lowest BCUT2D eigenvalue weighted by molar-refractivity contribution is 0.0458. The van der Waals surface area contributed by atoms with Crippen LogP contribution in [0.4, 0.5) is 5.69 Å². The van der Waals surface area contributed by atoms with Gasteiger partial charge in [0.15, 0.2) is 6.10 Å². The zero-order valence-electron chi connectivity index (χ0n) is 13.9. The van der Waals surface area contributed by atoms with Crippen molar-refractivity contribution in [3.63, 3.8) is 0 Å². The number of esters is 1. The van der Waals surface area contributed by atoms with Gasteiger partial charge in [0, 0.05) is 34.1 Å². The molecule has 0 saturated carbocycles. The maximum Gasteiger partial charge on any atom is 0.339 e. The number of rotatable bonds is 2. The van der Waals surface area contributed by atoms with E-state index >= 15 is 0 Å². The van der Waals surface area contributed by atoms with Crippen molar-refractivity contribution in [2.24, 2.45) is 0 Å². The lowest BCUT2D eigenvalue weighted by atomic mass is 9.99. The Bertz CT molecular complexity index is 1160. The number of cyclic esters (lactones) is 1. The highest BCUT2D eigenvalue weighted by Gasteiger charge is 2.33. The number of nitrogen functional groups attached to an aromatic ring is 1. The maximum absolute atomic E-state index is 12.3. The Morgan fingerprint density at radius 2 is 1.69 bits per heavy atom. The van der Waals surface area contributed by atoms with E-state index in [0.717, 1.165) is 27.7 Å². The molecule has 2 N–H and O–H groups in total. The van der Waals surface area contributed by atoms with E-state index < -0.39 is 6.10 Å². The molecule has 3 aromatic carbocycles. The molecule has 0 radical (unpaired) electrons. The second kappa shape index (κ2) is 5.49. The molecule has 4 nitrogen and oxygen atoms in total. The van der Waals surface area contributed by atoms with Crippen molar-refractivity contribution >= 4 is 22.6 Å². The second-order valence-corrected chi connectivity index (χ2v) is 6.44. The third-order valence-electron chi connectivity index (χ3n) is 4.86. The summed E-state index contributed by atoms with van der Waals surface area (Å²) in [5, 5.41) is 1.06. The van der Waals surface area contributed by atoms with Crippen molar-refractivity contribution in [2.45, 2.75) is 6.10 Å². The Morgan fingerprint density at radius 3 is 2.58 bits per heavy atom. The van der Waals surface area contributed by atoms with Gasteiger partial charge in [-0.2, -0.15) is 0 Å². The number of benzene rings is 3. The molecule has 1 unspecified atom stereocenters. The molecule has 0 amide bonds. The van der Waals surface area contributed by atoms with Gasteiger partial charge in [-0.1, -0.05) is 42.5 Å². The van der Waals surface area contributed by atoms with Crippen molar-refractivity contribution < 1.29 is 9.53 Å². The summed E-state index contributed by atoms with van der Waals surface area (Å²) in [6, 6.07) is 23.4. The van der Waals surface area contributed by atoms with Crippen LogP contribution in [0.1, 0.15) is 27.6 Å². The van der Waals surface area contributed by atoms with E-state index in [1.807, 2.05) is 66.9 Å². The molecule has 0 saturated heterocycles. The standard InChI is InChI=1S/C22H16N2O2/c23-14-6-5-7-15(12-14)24-13-19(16-8-3-4-11-20(16)24)21-17-9-1-2-10-18(17)22(25)26-21/h1-13,21H,23H2. The molecular formula is C22H16N2O2. The minimum absolute atomic E-state index is 0.272. The number of para-hydroxylation sites is 1. The third kappa shape index (κ3) is 2.12. The fraction of sp³-hybridized carbons (Fsp3) is 0.0455. The third-order valence-corrected chi connectivity index (χ3v) is 4.86. The van der Waals surface area contributed by atoms with Gasteiger partial charge >= 0.3 is 5.97 Å². The van der Waals surface area contributed by atoms with E-state index in [4.69, 9.17) is 10.5 Å². The quantitative estimate of drug-likeness (QED) is 0.432. The monoisotopic (exact) mass is 340 g/mol. The van der Waals surface area contributed by atoms with E-state index in [1.165, 1.54) is 0 Å². The Hall–Kier alpha value is -3.53. The van der Waals surface area contributed by atoms with E-state index in [9.17, 15) is 4.79 Å². The maximum atomic E-state index is 12.3. The summed E-state index contributed by atoms with van der Waals surface area (Å²) in [5.74, 6) is -0.272. The zero-order valence-corrected chi connectivity index (χ0v) is 13.9. The number of carbonyl (C=O) groups is 1. The summed E-state index contributed by atoms with van der Waals surface area (Å²) in [5.41, 5.74) is 11.2. The Labute approximate surface area is 150 Å². The molecule has 0 spiro atoms. The lowest BCUT2D eigenvalue weighted by Crippen LogP contribution is -2.00. The number of nitrogens with two attached hydrogens (primary N) is 1. The highest BCUT2D eigenvalue weighted by atomic mass is 16.5. The molecule has 4 aromatic rings. The number of aromatic nitrogens is 1. The first-order valence-electron chi connectivity index (χ1n) is 8.48. The van der Waals surface area contributed by atoms with Gasteiger partial charge in [-0.15, -0.1) is 0 Å². The largest absolute Gasteiger partial charge is 0.449 e. The topological polar surface area (TPSA) is 57.2 Å². The van der Waals surface area contributed by atoms with Gasteiger partial charge < -0.3 is 15.0 Å². The number of anilines is 1. The first-order valence-corrected chi connectivity index (χ1v) is 8.48. The number of hydrogen-bond donors (Lipinski definition) is 1. The van der Waals surface area contributed by atoms with E-state index in [1.54, 1.807) is 0 Å². The van der Waals surface area contributed by atoms with E-state index in [-0.39, 0.29) is 5.97 Å². The summed E-state index contributed by atoms with van der Waals surface area (Å²) in [4.78, 5) is 12.3. The minimum Gasteiger partial charge on any atom is -0.449 e. The van der Waals surface area contributed by atoms with Gasteiger partial charge in [0.2, 0.25) is 0 Å². The summed E-state index contributed by atoms with van der Waals surface area (Å²) < 4.78 is 7.81. The van der Waals surface area contributed by atoms with Gasteiger partial charge in [-0.05, 0) is 30.3 Å². The average molecular weight is 340 g/mol. The summed E-state index contributed by atoms with van der Waals surface area (Å²) in [6.45, 7) is 0. The predicted molar refractivity (Wildman–Crippen MR) is 101 cm³/mol. The summed E-state index contributed by atoms with van der Waals surface area (Å²) in [7, 11) is 0. The van der Waals surface area contributed by atoms with Crippen molar-refractivity contribution in [3.05, 3.63) is 95.7 Å². The Morgan fingerprint density at radius 1 is 0.885 bits per heavy atom. The number of ether oxygens (including phenoxy) is 1. The van der Waals surface area contributed by atoms with Gasteiger partial charge in [0.25, 0.3) is 0 Å². The van der Waals surface area contributed by atoms with Crippen LogP contribution in [-0.2, 0) is 4.74 Å². The molecule has 0 fully saturated rings. The fourth-order valence-electron chi connectivity index (χ4n) is 3.68. The first kappa shape index (κ1) is 14.8. The molecule has 4 heteroatoms. The van der Waals surface area contributed by atoms with Crippen molar-refractivity contribution in [3.8, 4) is 5.69 Å². The molecule has 1 aliphatic rings. The molecule has 0 aliphatic carbocycles. The average Bonchev–Trinajstić information content (AvgIpc) is 3.20. The number of nitrogens with zero attached hydrogens (tertiary/aromatic N) is 1. The summed E-state index contributed by atoms with van der Waals surface area (Å²) >= 11 is 0. The Balaban J connectivity index is 1.75. The van der Waals surface area contributed by atoms with Crippen molar-refractivity contribution in [1.29, 1.82) is 0 Å². The second-order valence-electron chi connectivity index (χ2n) is 6.44. The highest BCUT2D eigenvalue weighted by Crippen LogP contribution is 2.40. The van der Waals surface area contributed by atoms with Gasteiger partial charge in [0.05, 0.1) is 11.1 Å². The smallest absolute Gasteiger partial charge is 0.339 e. The van der Waals surface area contributed by atoms with Crippen molar-refractivity contribution in [2.75, 3.05) is 5.73 Å². The fourth-order valence-corrected chi connectivity index (χ4v) is 3.68. The number of carbonyl (C=O) groups excluding carboxylic acids is 1.